The topological polar surface area (TPSA) is 52.8 Å². The van der Waals surface area contributed by atoms with Crippen LogP contribution in [0.4, 0.5) is 0 Å². The summed E-state index contributed by atoms with van der Waals surface area (Å²) in [5, 5.41) is 12.7. The second-order valence-electron chi connectivity index (χ2n) is 4.99. The molecule has 6 heteroatoms. The van der Waals surface area contributed by atoms with Gasteiger partial charge in [-0.2, -0.15) is 4.68 Å². The molecule has 112 valence electrons. The highest BCUT2D eigenvalue weighted by atomic mass is 35.5. The van der Waals surface area contributed by atoms with E-state index >= 15 is 0 Å². The zero-order valence-electron chi connectivity index (χ0n) is 12.3. The Morgan fingerprint density at radius 2 is 1.73 bits per heavy atom. The van der Waals surface area contributed by atoms with E-state index in [0.29, 0.717) is 10.8 Å². The number of nitrogens with zero attached hydrogens (tertiary/aromatic N) is 4. The van der Waals surface area contributed by atoms with E-state index in [1.54, 1.807) is 23.9 Å². The van der Waals surface area contributed by atoms with Crippen molar-refractivity contribution in [1.29, 1.82) is 0 Å². The first-order chi connectivity index (χ1) is 10.6. The first-order valence-electron chi connectivity index (χ1n) is 6.80. The molecule has 0 saturated carbocycles. The van der Waals surface area contributed by atoms with Gasteiger partial charge in [-0.05, 0) is 47.2 Å². The molecule has 0 amide bonds. The van der Waals surface area contributed by atoms with Crippen LogP contribution in [0.2, 0.25) is 5.02 Å². The van der Waals surface area contributed by atoms with E-state index in [1.807, 2.05) is 49.4 Å². The monoisotopic (exact) mass is 314 g/mol. The fourth-order valence-electron chi connectivity index (χ4n) is 2.34. The van der Waals surface area contributed by atoms with Crippen molar-refractivity contribution in [3.63, 3.8) is 0 Å². The molecule has 3 aromatic rings. The number of rotatable bonds is 4. The first-order valence-corrected chi connectivity index (χ1v) is 7.18. The molecule has 0 N–H and O–H groups in total. The van der Waals surface area contributed by atoms with Crippen molar-refractivity contribution >= 4 is 11.6 Å². The summed E-state index contributed by atoms with van der Waals surface area (Å²) in [7, 11) is 1.65. The standard InChI is InChI=1S/C16H15ClN4O/c1-16(22-2,12-6-4-3-5-7-12)15-18-19-20-21(15)14-10-8-13(17)9-11-14/h3-11H,1-2H3. The SMILES string of the molecule is COC(C)(c1ccccc1)c1nnnn1-c1ccc(Cl)cc1. The molecule has 2 aromatic carbocycles. The van der Waals surface area contributed by atoms with Crippen molar-refractivity contribution in [2.24, 2.45) is 0 Å². The molecule has 1 atom stereocenters. The fourth-order valence-corrected chi connectivity index (χ4v) is 2.46. The second kappa shape index (κ2) is 5.87. The maximum Gasteiger partial charge on any atom is 0.192 e. The number of methoxy groups -OCH3 is 1. The third kappa shape index (κ3) is 2.49. The van der Waals surface area contributed by atoms with Crippen LogP contribution in [0.3, 0.4) is 0 Å². The summed E-state index contributed by atoms with van der Waals surface area (Å²) in [5.74, 6) is 0.600. The average molecular weight is 315 g/mol. The summed E-state index contributed by atoms with van der Waals surface area (Å²) in [4.78, 5) is 0. The van der Waals surface area contributed by atoms with E-state index in [0.717, 1.165) is 11.3 Å². The lowest BCUT2D eigenvalue weighted by Gasteiger charge is -2.27. The average Bonchev–Trinajstić information content (AvgIpc) is 3.06. The van der Waals surface area contributed by atoms with Crippen LogP contribution < -0.4 is 0 Å². The number of benzene rings is 2. The minimum Gasteiger partial charge on any atom is -0.366 e. The molecule has 0 bridgehead atoms. The predicted molar refractivity (Wildman–Crippen MR) is 84.1 cm³/mol. The molecule has 3 rings (SSSR count). The Balaban J connectivity index is 2.12. The van der Waals surface area contributed by atoms with Crippen LogP contribution >= 0.6 is 11.6 Å². The summed E-state index contributed by atoms with van der Waals surface area (Å²) >= 11 is 5.94. The summed E-state index contributed by atoms with van der Waals surface area (Å²) in [6.45, 7) is 1.94. The smallest absolute Gasteiger partial charge is 0.192 e. The normalized spacial score (nSPS) is 13.8. The second-order valence-corrected chi connectivity index (χ2v) is 5.43. The molecule has 0 aliphatic carbocycles. The minimum absolute atomic E-state index is 0.600. The van der Waals surface area contributed by atoms with Crippen LogP contribution in [0.25, 0.3) is 5.69 Å². The zero-order valence-corrected chi connectivity index (χ0v) is 13.0. The Hall–Kier alpha value is -2.24. The Kier molecular flexibility index (Phi) is 3.92. The van der Waals surface area contributed by atoms with E-state index in [-0.39, 0.29) is 0 Å². The van der Waals surface area contributed by atoms with Gasteiger partial charge in [-0.15, -0.1) is 5.10 Å². The number of hydrogen-bond acceptors (Lipinski definition) is 4. The molecule has 22 heavy (non-hydrogen) atoms. The van der Waals surface area contributed by atoms with Crippen molar-refractivity contribution in [2.45, 2.75) is 12.5 Å². The molecule has 0 fully saturated rings. The predicted octanol–water partition coefficient (Wildman–Crippen LogP) is 3.23. The van der Waals surface area contributed by atoms with Crippen molar-refractivity contribution in [3.8, 4) is 5.69 Å². The Morgan fingerprint density at radius 3 is 2.36 bits per heavy atom. The number of halogens is 1. The highest BCUT2D eigenvalue weighted by Crippen LogP contribution is 2.31. The maximum absolute atomic E-state index is 5.94. The summed E-state index contributed by atoms with van der Waals surface area (Å²) in [6.07, 6.45) is 0. The number of aromatic nitrogens is 4. The van der Waals surface area contributed by atoms with Crippen LogP contribution in [0.15, 0.2) is 54.6 Å². The van der Waals surface area contributed by atoms with E-state index in [9.17, 15) is 0 Å². The maximum atomic E-state index is 5.94. The minimum atomic E-state index is -0.760. The largest absolute Gasteiger partial charge is 0.366 e. The van der Waals surface area contributed by atoms with Crippen LogP contribution in [-0.4, -0.2) is 27.3 Å². The highest BCUT2D eigenvalue weighted by Gasteiger charge is 2.35. The summed E-state index contributed by atoms with van der Waals surface area (Å²) in [6, 6.07) is 17.2. The molecule has 1 aromatic heterocycles. The van der Waals surface area contributed by atoms with Gasteiger partial charge in [-0.25, -0.2) is 0 Å². The molecule has 0 aliphatic heterocycles. The lowest BCUT2D eigenvalue weighted by atomic mass is 9.94. The van der Waals surface area contributed by atoms with E-state index < -0.39 is 5.60 Å². The lowest BCUT2D eigenvalue weighted by molar-refractivity contribution is 0.0293. The van der Waals surface area contributed by atoms with Crippen LogP contribution in [0, 0.1) is 0 Å². The Labute approximate surface area is 133 Å². The summed E-state index contributed by atoms with van der Waals surface area (Å²) in [5.41, 5.74) is 1.04. The zero-order chi connectivity index (χ0) is 15.6. The molecular formula is C16H15ClN4O. The van der Waals surface area contributed by atoms with Crippen LogP contribution in [-0.2, 0) is 10.3 Å². The molecule has 0 spiro atoms. The van der Waals surface area contributed by atoms with Crippen LogP contribution in [0.1, 0.15) is 18.3 Å². The van der Waals surface area contributed by atoms with Gasteiger partial charge in [0, 0.05) is 12.1 Å². The molecule has 0 saturated heterocycles. The fraction of sp³-hybridized carbons (Fsp3) is 0.188. The van der Waals surface area contributed by atoms with Gasteiger partial charge in [0.05, 0.1) is 5.69 Å². The molecule has 5 nitrogen and oxygen atoms in total. The third-order valence-electron chi connectivity index (χ3n) is 3.70. The van der Waals surface area contributed by atoms with Crippen molar-refractivity contribution in [2.75, 3.05) is 7.11 Å². The van der Waals surface area contributed by atoms with Gasteiger partial charge in [0.25, 0.3) is 0 Å². The van der Waals surface area contributed by atoms with Gasteiger partial charge in [-0.3, -0.25) is 0 Å². The first kappa shape index (κ1) is 14.7. The van der Waals surface area contributed by atoms with Gasteiger partial charge in [0.2, 0.25) is 0 Å². The number of ether oxygens (including phenoxy) is 1. The quantitative estimate of drug-likeness (QED) is 0.742. The van der Waals surface area contributed by atoms with Crippen LogP contribution in [0.5, 0.6) is 0 Å². The van der Waals surface area contributed by atoms with E-state index in [2.05, 4.69) is 15.5 Å². The van der Waals surface area contributed by atoms with Gasteiger partial charge in [0.15, 0.2) is 11.4 Å². The van der Waals surface area contributed by atoms with Gasteiger partial charge < -0.3 is 4.74 Å². The van der Waals surface area contributed by atoms with Gasteiger partial charge >= 0.3 is 0 Å². The number of tetrazole rings is 1. The van der Waals surface area contributed by atoms with Crippen molar-refractivity contribution in [1.82, 2.24) is 20.2 Å². The third-order valence-corrected chi connectivity index (χ3v) is 3.95. The van der Waals surface area contributed by atoms with Gasteiger partial charge in [-0.1, -0.05) is 41.9 Å². The molecule has 1 unspecified atom stereocenters. The lowest BCUT2D eigenvalue weighted by Crippen LogP contribution is -2.30. The summed E-state index contributed by atoms with van der Waals surface area (Å²) < 4.78 is 7.42. The van der Waals surface area contributed by atoms with E-state index in [1.165, 1.54) is 0 Å². The van der Waals surface area contributed by atoms with Gasteiger partial charge in [0.1, 0.15) is 0 Å². The highest BCUT2D eigenvalue weighted by molar-refractivity contribution is 6.30. The number of hydrogen-bond donors (Lipinski definition) is 0. The molecular weight excluding hydrogens is 300 g/mol. The van der Waals surface area contributed by atoms with E-state index in [4.69, 9.17) is 16.3 Å². The van der Waals surface area contributed by atoms with Crippen molar-refractivity contribution in [3.05, 3.63) is 71.0 Å². The molecule has 0 aliphatic rings. The van der Waals surface area contributed by atoms with Crippen molar-refractivity contribution < 1.29 is 4.74 Å². The molecule has 0 radical (unpaired) electrons. The Morgan fingerprint density at radius 1 is 1.05 bits per heavy atom. The Bertz CT molecular complexity index is 757. The molecule has 1 heterocycles.